The third-order valence-electron chi connectivity index (χ3n) is 5.17. The number of carbonyl (C=O) groups is 1. The fourth-order valence-electron chi connectivity index (χ4n) is 3.70. The molecule has 134 valence electrons. The molecule has 0 bridgehead atoms. The van der Waals surface area contributed by atoms with Crippen LogP contribution in [-0.2, 0) is 13.1 Å². The van der Waals surface area contributed by atoms with Gasteiger partial charge in [0.1, 0.15) is 0 Å². The average Bonchev–Trinajstić information content (AvgIpc) is 3.14. The van der Waals surface area contributed by atoms with Gasteiger partial charge in [0, 0.05) is 51.0 Å². The van der Waals surface area contributed by atoms with Crippen molar-refractivity contribution in [3.63, 3.8) is 0 Å². The van der Waals surface area contributed by atoms with Crippen molar-refractivity contribution < 1.29 is 4.79 Å². The van der Waals surface area contributed by atoms with Crippen LogP contribution in [0.4, 0.5) is 0 Å². The van der Waals surface area contributed by atoms with Gasteiger partial charge < -0.3 is 4.90 Å². The summed E-state index contributed by atoms with van der Waals surface area (Å²) in [5, 5.41) is 6.49. The molecule has 1 aliphatic heterocycles. The monoisotopic (exact) mass is 348 g/mol. The van der Waals surface area contributed by atoms with E-state index in [2.05, 4.69) is 35.1 Å². The summed E-state index contributed by atoms with van der Waals surface area (Å²) >= 11 is 0. The van der Waals surface area contributed by atoms with Crippen molar-refractivity contribution in [1.82, 2.24) is 19.6 Å². The minimum atomic E-state index is 0.139. The molecule has 0 N–H and O–H groups in total. The van der Waals surface area contributed by atoms with E-state index in [4.69, 9.17) is 0 Å². The maximum absolute atomic E-state index is 13.0. The first-order chi connectivity index (χ1) is 12.8. The fourth-order valence-corrected chi connectivity index (χ4v) is 3.70. The number of aryl methyl sites for hydroxylation is 1. The van der Waals surface area contributed by atoms with E-state index in [1.807, 2.05) is 46.1 Å². The van der Waals surface area contributed by atoms with Crippen molar-refractivity contribution in [2.45, 2.75) is 20.0 Å². The van der Waals surface area contributed by atoms with Crippen LogP contribution in [0.1, 0.15) is 23.0 Å². The molecular formula is C21H24N4O. The van der Waals surface area contributed by atoms with Gasteiger partial charge in [-0.2, -0.15) is 5.10 Å². The quantitative estimate of drug-likeness (QED) is 0.728. The summed E-state index contributed by atoms with van der Waals surface area (Å²) in [6.45, 7) is 7.21. The van der Waals surface area contributed by atoms with Crippen LogP contribution < -0.4 is 0 Å². The molecule has 26 heavy (non-hydrogen) atoms. The van der Waals surface area contributed by atoms with Gasteiger partial charge in [-0.15, -0.1) is 0 Å². The number of nitrogens with zero attached hydrogens (tertiary/aromatic N) is 4. The van der Waals surface area contributed by atoms with E-state index in [-0.39, 0.29) is 5.91 Å². The molecule has 2 heterocycles. The Morgan fingerprint density at radius 2 is 1.77 bits per heavy atom. The van der Waals surface area contributed by atoms with Gasteiger partial charge >= 0.3 is 0 Å². The Labute approximate surface area is 153 Å². The second-order valence-electron chi connectivity index (χ2n) is 6.73. The molecule has 0 aliphatic carbocycles. The summed E-state index contributed by atoms with van der Waals surface area (Å²) < 4.78 is 2.04. The second-order valence-corrected chi connectivity index (χ2v) is 6.73. The molecule has 0 radical (unpaired) electrons. The number of hydrogen-bond acceptors (Lipinski definition) is 3. The normalized spacial score (nSPS) is 15.5. The van der Waals surface area contributed by atoms with Crippen LogP contribution in [0.25, 0.3) is 10.8 Å². The van der Waals surface area contributed by atoms with Crippen molar-refractivity contribution in [2.24, 2.45) is 0 Å². The number of rotatable bonds is 4. The summed E-state index contributed by atoms with van der Waals surface area (Å²) in [4.78, 5) is 17.4. The molecule has 3 aromatic rings. The maximum atomic E-state index is 13.0. The Hall–Kier alpha value is -2.66. The standard InChI is InChI=1S/C21H24N4O/c1-2-25-18(10-11-22-25)16-23-12-14-24(15-13-23)21(26)20-9-5-7-17-6-3-4-8-19(17)20/h3-11H,2,12-16H2,1H3. The molecule has 1 aromatic heterocycles. The third kappa shape index (κ3) is 3.22. The van der Waals surface area contributed by atoms with E-state index in [1.54, 1.807) is 0 Å². The SMILES string of the molecule is CCn1nccc1CN1CCN(C(=O)c2cccc3ccccc23)CC1. The first kappa shape index (κ1) is 16.8. The highest BCUT2D eigenvalue weighted by atomic mass is 16.2. The molecule has 4 rings (SSSR count). The van der Waals surface area contributed by atoms with E-state index in [1.165, 1.54) is 5.69 Å². The van der Waals surface area contributed by atoms with Crippen LogP contribution in [0.15, 0.2) is 54.7 Å². The van der Waals surface area contributed by atoms with E-state index in [9.17, 15) is 4.79 Å². The smallest absolute Gasteiger partial charge is 0.254 e. The van der Waals surface area contributed by atoms with Gasteiger partial charge in [0.2, 0.25) is 0 Å². The Morgan fingerprint density at radius 3 is 2.58 bits per heavy atom. The largest absolute Gasteiger partial charge is 0.336 e. The highest BCUT2D eigenvalue weighted by Gasteiger charge is 2.23. The number of amides is 1. The lowest BCUT2D eigenvalue weighted by atomic mass is 10.0. The minimum absolute atomic E-state index is 0.139. The Bertz CT molecular complexity index is 904. The molecule has 0 atom stereocenters. The molecule has 1 fully saturated rings. The van der Waals surface area contributed by atoms with E-state index in [0.29, 0.717) is 0 Å². The summed E-state index contributed by atoms with van der Waals surface area (Å²) in [5.74, 6) is 0.139. The van der Waals surface area contributed by atoms with E-state index >= 15 is 0 Å². The molecule has 5 heteroatoms. The van der Waals surface area contributed by atoms with E-state index in [0.717, 1.165) is 55.6 Å². The lowest BCUT2D eigenvalue weighted by molar-refractivity contribution is 0.0627. The maximum Gasteiger partial charge on any atom is 0.254 e. The van der Waals surface area contributed by atoms with Gasteiger partial charge in [-0.05, 0) is 29.8 Å². The molecule has 0 spiro atoms. The number of hydrogen-bond donors (Lipinski definition) is 0. The molecule has 0 saturated carbocycles. The van der Waals surface area contributed by atoms with Crippen molar-refractivity contribution in [3.05, 3.63) is 66.0 Å². The highest BCUT2D eigenvalue weighted by Crippen LogP contribution is 2.21. The van der Waals surface area contributed by atoms with Crippen molar-refractivity contribution >= 4 is 16.7 Å². The Morgan fingerprint density at radius 1 is 1.00 bits per heavy atom. The van der Waals surface area contributed by atoms with Crippen molar-refractivity contribution in [3.8, 4) is 0 Å². The van der Waals surface area contributed by atoms with Crippen LogP contribution in [-0.4, -0.2) is 51.7 Å². The van der Waals surface area contributed by atoms with Gasteiger partial charge in [0.15, 0.2) is 0 Å². The zero-order valence-corrected chi connectivity index (χ0v) is 15.1. The van der Waals surface area contributed by atoms with Gasteiger partial charge in [0.25, 0.3) is 5.91 Å². The summed E-state index contributed by atoms with van der Waals surface area (Å²) in [6, 6.07) is 16.1. The minimum Gasteiger partial charge on any atom is -0.336 e. The van der Waals surface area contributed by atoms with Crippen molar-refractivity contribution in [1.29, 1.82) is 0 Å². The summed E-state index contributed by atoms with van der Waals surface area (Å²) in [7, 11) is 0. The second kappa shape index (κ2) is 7.30. The zero-order chi connectivity index (χ0) is 17.9. The Kier molecular flexibility index (Phi) is 4.71. The van der Waals surface area contributed by atoms with Gasteiger partial charge in [-0.3, -0.25) is 14.4 Å². The number of benzene rings is 2. The van der Waals surface area contributed by atoms with Crippen LogP contribution in [0.3, 0.4) is 0 Å². The average molecular weight is 348 g/mol. The lowest BCUT2D eigenvalue weighted by Crippen LogP contribution is -2.48. The van der Waals surface area contributed by atoms with Crippen LogP contribution >= 0.6 is 0 Å². The number of carbonyl (C=O) groups excluding carboxylic acids is 1. The number of piperazine rings is 1. The number of fused-ring (bicyclic) bond motifs is 1. The summed E-state index contributed by atoms with van der Waals surface area (Å²) in [6.07, 6.45) is 1.86. The van der Waals surface area contributed by atoms with Crippen LogP contribution in [0, 0.1) is 0 Å². The first-order valence-electron chi connectivity index (χ1n) is 9.26. The topological polar surface area (TPSA) is 41.4 Å². The first-order valence-corrected chi connectivity index (χ1v) is 9.26. The molecule has 1 saturated heterocycles. The van der Waals surface area contributed by atoms with Crippen LogP contribution in [0.5, 0.6) is 0 Å². The Balaban J connectivity index is 1.43. The predicted octanol–water partition coefficient (Wildman–Crippen LogP) is 3.01. The summed E-state index contributed by atoms with van der Waals surface area (Å²) in [5.41, 5.74) is 2.04. The third-order valence-corrected chi connectivity index (χ3v) is 5.17. The van der Waals surface area contributed by atoms with Crippen molar-refractivity contribution in [2.75, 3.05) is 26.2 Å². The molecular weight excluding hydrogens is 324 g/mol. The molecule has 5 nitrogen and oxygen atoms in total. The number of aromatic nitrogens is 2. The predicted molar refractivity (Wildman–Crippen MR) is 103 cm³/mol. The highest BCUT2D eigenvalue weighted by molar-refractivity contribution is 6.07. The lowest BCUT2D eigenvalue weighted by Gasteiger charge is -2.35. The van der Waals surface area contributed by atoms with Gasteiger partial charge in [-0.25, -0.2) is 0 Å². The zero-order valence-electron chi connectivity index (χ0n) is 15.1. The van der Waals surface area contributed by atoms with Gasteiger partial charge in [-0.1, -0.05) is 36.4 Å². The molecule has 2 aromatic carbocycles. The van der Waals surface area contributed by atoms with E-state index < -0.39 is 0 Å². The molecule has 1 amide bonds. The van der Waals surface area contributed by atoms with Gasteiger partial charge in [0.05, 0.1) is 5.69 Å². The molecule has 1 aliphatic rings. The van der Waals surface area contributed by atoms with Crippen LogP contribution in [0.2, 0.25) is 0 Å². The molecule has 0 unspecified atom stereocenters. The fraction of sp³-hybridized carbons (Fsp3) is 0.333.